The van der Waals surface area contributed by atoms with Crippen molar-refractivity contribution in [2.45, 2.75) is 13.8 Å². The number of aryl methyl sites for hydroxylation is 2. The third-order valence-electron chi connectivity index (χ3n) is 9.41. The van der Waals surface area contributed by atoms with E-state index >= 15 is 0 Å². The Bertz CT molecular complexity index is 2610. The average molecular weight is 625 g/mol. The second-order valence-corrected chi connectivity index (χ2v) is 14.5. The summed E-state index contributed by atoms with van der Waals surface area (Å²) in [5.74, 6) is 0. The van der Waals surface area contributed by atoms with Crippen molar-refractivity contribution in [1.82, 2.24) is 9.13 Å². The van der Waals surface area contributed by atoms with Gasteiger partial charge in [-0.1, -0.05) is 84.9 Å². The lowest BCUT2D eigenvalue weighted by atomic mass is 10.0. The fourth-order valence-electron chi connectivity index (χ4n) is 7.30. The summed E-state index contributed by atoms with van der Waals surface area (Å²) >= 11 is 3.82. The Hall–Kier alpha value is -5.16. The molecule has 10 aromatic rings. The van der Waals surface area contributed by atoms with Crippen LogP contribution in [0.2, 0.25) is 0 Å². The first kappa shape index (κ1) is 26.1. The van der Waals surface area contributed by atoms with Gasteiger partial charge < -0.3 is 9.13 Å². The summed E-state index contributed by atoms with van der Waals surface area (Å²) in [7, 11) is 0. The van der Waals surface area contributed by atoms with Gasteiger partial charge in [-0.05, 0) is 84.6 Å². The summed E-state index contributed by atoms with van der Waals surface area (Å²) in [6, 6.07) is 49.3. The number of benzene rings is 6. The Kier molecular flexibility index (Phi) is 5.49. The van der Waals surface area contributed by atoms with Crippen LogP contribution in [0.15, 0.2) is 133 Å². The smallest absolute Gasteiger partial charge is 0.0727 e. The maximum atomic E-state index is 2.45. The molecule has 0 radical (unpaired) electrons. The summed E-state index contributed by atoms with van der Waals surface area (Å²) in [4.78, 5) is 0. The Morgan fingerprint density at radius 3 is 1.26 bits per heavy atom. The number of hydrogen-bond acceptors (Lipinski definition) is 2. The Labute approximate surface area is 274 Å². The van der Waals surface area contributed by atoms with Crippen molar-refractivity contribution in [3.63, 3.8) is 0 Å². The van der Waals surface area contributed by atoms with Gasteiger partial charge in [-0.2, -0.15) is 0 Å². The standard InChI is InChI=1S/C42H28N2S2/c1-25-13-17-31-35(21-25)43(29-9-5-3-6-10-29)39-33-19-15-27(23-37(33)45-41(31)39)28-16-20-34-38(24-28)46-42-32-18-14-26(2)22-36(32)44(40(34)42)30-11-7-4-8-12-30/h3-24H,1-2H3. The number of rotatable bonds is 3. The van der Waals surface area contributed by atoms with Gasteiger partial charge in [-0.15, -0.1) is 22.7 Å². The molecule has 0 saturated heterocycles. The predicted octanol–water partition coefficient (Wildman–Crippen LogP) is 12.6. The predicted molar refractivity (Wildman–Crippen MR) is 201 cm³/mol. The number of aromatic nitrogens is 2. The molecule has 0 aliphatic heterocycles. The lowest BCUT2D eigenvalue weighted by Crippen LogP contribution is -1.93. The van der Waals surface area contributed by atoms with E-state index in [1.165, 1.54) is 96.0 Å². The maximum absolute atomic E-state index is 2.45. The lowest BCUT2D eigenvalue weighted by Gasteiger charge is -2.09. The molecule has 4 aromatic heterocycles. The lowest BCUT2D eigenvalue weighted by molar-refractivity contribution is 1.18. The number of hydrogen-bond donors (Lipinski definition) is 0. The van der Waals surface area contributed by atoms with E-state index in [2.05, 4.69) is 156 Å². The van der Waals surface area contributed by atoms with Crippen molar-refractivity contribution < 1.29 is 0 Å². The summed E-state index contributed by atoms with van der Waals surface area (Å²) in [5, 5.41) is 5.26. The minimum Gasteiger partial charge on any atom is -0.308 e. The van der Waals surface area contributed by atoms with Crippen LogP contribution in [0.25, 0.3) is 84.9 Å². The molecule has 218 valence electrons. The molecule has 0 aliphatic rings. The van der Waals surface area contributed by atoms with Crippen LogP contribution in [0.3, 0.4) is 0 Å². The normalized spacial score (nSPS) is 12.1. The van der Waals surface area contributed by atoms with Gasteiger partial charge in [0.1, 0.15) is 0 Å². The number of fused-ring (bicyclic) bond motifs is 10. The van der Waals surface area contributed by atoms with Crippen LogP contribution < -0.4 is 0 Å². The Balaban J connectivity index is 1.17. The van der Waals surface area contributed by atoms with E-state index in [9.17, 15) is 0 Å². The molecule has 4 heterocycles. The van der Waals surface area contributed by atoms with Crippen LogP contribution in [0.5, 0.6) is 0 Å². The highest BCUT2D eigenvalue weighted by Gasteiger charge is 2.20. The quantitative estimate of drug-likeness (QED) is 0.185. The van der Waals surface area contributed by atoms with E-state index < -0.39 is 0 Å². The van der Waals surface area contributed by atoms with Crippen molar-refractivity contribution in [3.05, 3.63) is 145 Å². The van der Waals surface area contributed by atoms with Crippen LogP contribution in [0.4, 0.5) is 0 Å². The minimum atomic E-state index is 1.20. The molecule has 0 unspecified atom stereocenters. The van der Waals surface area contributed by atoms with Gasteiger partial charge in [0.15, 0.2) is 0 Å². The van der Waals surface area contributed by atoms with E-state index in [1.807, 2.05) is 22.7 Å². The van der Waals surface area contributed by atoms with Crippen molar-refractivity contribution >= 4 is 85.1 Å². The van der Waals surface area contributed by atoms with E-state index in [-0.39, 0.29) is 0 Å². The van der Waals surface area contributed by atoms with E-state index in [0.717, 1.165) is 0 Å². The fourth-order valence-corrected chi connectivity index (χ4v) is 9.82. The van der Waals surface area contributed by atoms with E-state index in [1.54, 1.807) is 0 Å². The highest BCUT2D eigenvalue weighted by Crippen LogP contribution is 2.46. The molecule has 0 saturated carbocycles. The molecular weight excluding hydrogens is 597 g/mol. The number of thiophene rings is 2. The van der Waals surface area contributed by atoms with E-state index in [4.69, 9.17) is 0 Å². The van der Waals surface area contributed by atoms with Gasteiger partial charge in [-0.3, -0.25) is 0 Å². The monoisotopic (exact) mass is 624 g/mol. The molecule has 0 N–H and O–H groups in total. The maximum Gasteiger partial charge on any atom is 0.0727 e. The molecule has 0 bridgehead atoms. The van der Waals surface area contributed by atoms with Crippen LogP contribution >= 0.6 is 22.7 Å². The molecule has 2 nitrogen and oxygen atoms in total. The van der Waals surface area contributed by atoms with E-state index in [0.29, 0.717) is 0 Å². The van der Waals surface area contributed by atoms with Crippen LogP contribution in [0.1, 0.15) is 11.1 Å². The fraction of sp³-hybridized carbons (Fsp3) is 0.0476. The molecule has 0 aliphatic carbocycles. The SMILES string of the molecule is Cc1ccc2c3sc4cc(-c5ccc6c(c5)sc5c7ccc(C)cc7n(-c7ccccc7)c65)ccc4c3n(-c3ccccc3)c2c1. The largest absolute Gasteiger partial charge is 0.308 e. The zero-order valence-electron chi connectivity index (χ0n) is 25.4. The van der Waals surface area contributed by atoms with Gasteiger partial charge in [0.05, 0.1) is 31.5 Å². The van der Waals surface area contributed by atoms with Gasteiger partial charge in [0.25, 0.3) is 0 Å². The summed E-state index contributed by atoms with van der Waals surface area (Å²) in [5.41, 5.74) is 12.6. The molecule has 4 heteroatoms. The van der Waals surface area contributed by atoms with Crippen molar-refractivity contribution in [1.29, 1.82) is 0 Å². The topological polar surface area (TPSA) is 9.86 Å². The highest BCUT2D eigenvalue weighted by molar-refractivity contribution is 7.27. The third kappa shape index (κ3) is 3.69. The van der Waals surface area contributed by atoms with Gasteiger partial charge in [0.2, 0.25) is 0 Å². The van der Waals surface area contributed by atoms with Crippen molar-refractivity contribution in [2.24, 2.45) is 0 Å². The minimum absolute atomic E-state index is 1.20. The molecule has 0 amide bonds. The number of para-hydroxylation sites is 2. The molecular formula is C42H28N2S2. The second kappa shape index (κ2) is 9.67. The van der Waals surface area contributed by atoms with Crippen molar-refractivity contribution in [3.8, 4) is 22.5 Å². The summed E-state index contributed by atoms with van der Waals surface area (Å²) in [6.45, 7) is 4.36. The Morgan fingerprint density at radius 1 is 0.413 bits per heavy atom. The molecule has 0 fully saturated rings. The molecule has 46 heavy (non-hydrogen) atoms. The highest BCUT2D eigenvalue weighted by atomic mass is 32.1. The molecule has 0 atom stereocenters. The first-order valence-electron chi connectivity index (χ1n) is 15.7. The average Bonchev–Trinajstić information content (AvgIpc) is 3.81. The zero-order chi connectivity index (χ0) is 30.5. The van der Waals surface area contributed by atoms with Gasteiger partial charge >= 0.3 is 0 Å². The summed E-state index contributed by atoms with van der Waals surface area (Å²) in [6.07, 6.45) is 0. The van der Waals surface area contributed by atoms with Crippen LogP contribution in [-0.2, 0) is 0 Å². The zero-order valence-corrected chi connectivity index (χ0v) is 27.0. The van der Waals surface area contributed by atoms with Crippen LogP contribution in [0, 0.1) is 13.8 Å². The summed E-state index contributed by atoms with van der Waals surface area (Å²) < 4.78 is 10.3. The molecule has 10 rings (SSSR count). The van der Waals surface area contributed by atoms with Gasteiger partial charge in [0, 0.05) is 42.3 Å². The number of nitrogens with zero attached hydrogens (tertiary/aromatic N) is 2. The van der Waals surface area contributed by atoms with Crippen molar-refractivity contribution in [2.75, 3.05) is 0 Å². The van der Waals surface area contributed by atoms with Gasteiger partial charge in [-0.25, -0.2) is 0 Å². The second-order valence-electron chi connectivity index (χ2n) is 12.4. The first-order valence-corrected chi connectivity index (χ1v) is 17.3. The molecule has 0 spiro atoms. The Morgan fingerprint density at radius 2 is 0.826 bits per heavy atom. The third-order valence-corrected chi connectivity index (χ3v) is 11.8. The first-order chi connectivity index (χ1) is 22.6. The van der Waals surface area contributed by atoms with Crippen LogP contribution in [-0.4, -0.2) is 9.13 Å². The molecule has 6 aromatic carbocycles.